The molecule has 0 bridgehead atoms. The Morgan fingerprint density at radius 3 is 2.41 bits per heavy atom. The van der Waals surface area contributed by atoms with E-state index in [9.17, 15) is 24.6 Å². The molecule has 2 N–H and O–H groups in total. The highest BCUT2D eigenvalue weighted by molar-refractivity contribution is 5.77. The van der Waals surface area contributed by atoms with E-state index in [1.54, 1.807) is 13.0 Å². The largest absolute Gasteiger partial charge is 0.462 e. The van der Waals surface area contributed by atoms with Crippen LogP contribution in [-0.2, 0) is 28.6 Å². The van der Waals surface area contributed by atoms with Crippen LogP contribution in [-0.4, -0.2) is 58.1 Å². The smallest absolute Gasteiger partial charge is 0.312 e. The average Bonchev–Trinajstić information content (AvgIpc) is 2.90. The van der Waals surface area contributed by atoms with Crippen molar-refractivity contribution in [1.29, 1.82) is 0 Å². The molecule has 1 saturated heterocycles. The van der Waals surface area contributed by atoms with Crippen LogP contribution >= 0.6 is 0 Å². The van der Waals surface area contributed by atoms with Crippen LogP contribution in [0.1, 0.15) is 60.3 Å². The number of esters is 3. The van der Waals surface area contributed by atoms with Crippen LogP contribution in [0.4, 0.5) is 0 Å². The van der Waals surface area contributed by atoms with Crippen molar-refractivity contribution in [2.75, 3.05) is 0 Å². The SMILES string of the molecule is C=C1CCC(OC(C)=O)C2(C)C(O)CCC(C)=CC3OC(=O)C(C)C3(O)C(OC(C)=O)C12. The summed E-state index contributed by atoms with van der Waals surface area (Å²) in [6.07, 6.45) is -0.538. The molecule has 2 aliphatic carbocycles. The molecule has 0 radical (unpaired) electrons. The van der Waals surface area contributed by atoms with E-state index in [2.05, 4.69) is 6.58 Å². The molecular formula is C24H34O8. The number of carbonyl (C=O) groups excluding carboxylic acids is 3. The molecule has 8 nitrogen and oxygen atoms in total. The summed E-state index contributed by atoms with van der Waals surface area (Å²) in [5.41, 5.74) is -1.55. The molecule has 0 spiro atoms. The molecule has 0 aromatic rings. The first-order chi connectivity index (χ1) is 14.8. The van der Waals surface area contributed by atoms with E-state index in [0.29, 0.717) is 31.3 Å². The molecule has 1 aliphatic heterocycles. The molecule has 3 aliphatic rings. The van der Waals surface area contributed by atoms with Gasteiger partial charge in [-0.05, 0) is 45.6 Å². The van der Waals surface area contributed by atoms with Gasteiger partial charge >= 0.3 is 17.9 Å². The van der Waals surface area contributed by atoms with Crippen molar-refractivity contribution in [2.45, 2.75) is 90.3 Å². The Morgan fingerprint density at radius 2 is 1.81 bits per heavy atom. The molecule has 1 saturated carbocycles. The third kappa shape index (κ3) is 3.88. The van der Waals surface area contributed by atoms with Crippen molar-refractivity contribution < 1.29 is 38.8 Å². The highest BCUT2D eigenvalue weighted by Gasteiger charge is 2.66. The first-order valence-electron chi connectivity index (χ1n) is 11.1. The van der Waals surface area contributed by atoms with Gasteiger partial charge in [-0.1, -0.05) is 24.6 Å². The zero-order valence-electron chi connectivity index (χ0n) is 19.4. The van der Waals surface area contributed by atoms with E-state index in [4.69, 9.17) is 14.2 Å². The minimum Gasteiger partial charge on any atom is -0.462 e. The Labute approximate surface area is 188 Å². The summed E-state index contributed by atoms with van der Waals surface area (Å²) in [6.45, 7) is 11.9. The van der Waals surface area contributed by atoms with E-state index >= 15 is 0 Å². The summed E-state index contributed by atoms with van der Waals surface area (Å²) in [7, 11) is 0. The lowest BCUT2D eigenvalue weighted by molar-refractivity contribution is -0.214. The fourth-order valence-electron chi connectivity index (χ4n) is 5.73. The monoisotopic (exact) mass is 450 g/mol. The molecule has 0 aromatic heterocycles. The summed E-state index contributed by atoms with van der Waals surface area (Å²) in [5, 5.41) is 23.4. The van der Waals surface area contributed by atoms with Crippen LogP contribution in [0.25, 0.3) is 0 Å². The van der Waals surface area contributed by atoms with Crippen LogP contribution in [0.2, 0.25) is 0 Å². The summed E-state index contributed by atoms with van der Waals surface area (Å²) in [5.74, 6) is -3.51. The van der Waals surface area contributed by atoms with Gasteiger partial charge in [0.1, 0.15) is 12.2 Å². The van der Waals surface area contributed by atoms with Gasteiger partial charge in [-0.2, -0.15) is 0 Å². The predicted molar refractivity (Wildman–Crippen MR) is 114 cm³/mol. The first kappa shape index (κ1) is 24.5. The maximum Gasteiger partial charge on any atom is 0.312 e. The minimum absolute atomic E-state index is 0.349. The second kappa shape index (κ2) is 8.63. The number of rotatable bonds is 2. The van der Waals surface area contributed by atoms with Gasteiger partial charge in [0.2, 0.25) is 0 Å². The Balaban J connectivity index is 2.27. The lowest BCUT2D eigenvalue weighted by Gasteiger charge is -2.55. The van der Waals surface area contributed by atoms with Crippen LogP contribution in [0.3, 0.4) is 0 Å². The standard InChI is InChI=1S/C24H34O8/c1-12-7-9-17(27)23(6)18(30-15(4)25)10-8-13(2)20(23)21(31-16(5)26)24(29)14(3)22(28)32-19(24)11-12/h11,14,17-21,27,29H,2,7-10H2,1,3-6H3. The average molecular weight is 451 g/mol. The van der Waals surface area contributed by atoms with E-state index in [-0.39, 0.29) is 0 Å². The third-order valence-corrected chi connectivity index (χ3v) is 7.60. The quantitative estimate of drug-likeness (QED) is 0.373. The van der Waals surface area contributed by atoms with Gasteiger partial charge in [-0.15, -0.1) is 0 Å². The summed E-state index contributed by atoms with van der Waals surface area (Å²) in [4.78, 5) is 36.7. The number of aliphatic hydroxyl groups excluding tert-OH is 1. The maximum atomic E-state index is 12.6. The molecule has 0 aromatic carbocycles. The third-order valence-electron chi connectivity index (χ3n) is 7.60. The second-order valence-corrected chi connectivity index (χ2v) is 9.70. The van der Waals surface area contributed by atoms with Gasteiger partial charge in [0, 0.05) is 25.2 Å². The van der Waals surface area contributed by atoms with Gasteiger partial charge in [0.05, 0.1) is 12.0 Å². The topological polar surface area (TPSA) is 119 Å². The fraction of sp³-hybridized carbons (Fsp3) is 0.708. The number of hydrogen-bond acceptors (Lipinski definition) is 8. The van der Waals surface area contributed by atoms with Crippen LogP contribution < -0.4 is 0 Å². The van der Waals surface area contributed by atoms with Gasteiger partial charge in [-0.3, -0.25) is 14.4 Å². The maximum absolute atomic E-state index is 12.6. The Bertz CT molecular complexity index is 847. The van der Waals surface area contributed by atoms with E-state index < -0.39 is 65.2 Å². The molecule has 8 heteroatoms. The van der Waals surface area contributed by atoms with Crippen molar-refractivity contribution in [3.8, 4) is 0 Å². The molecule has 178 valence electrons. The Morgan fingerprint density at radius 1 is 1.19 bits per heavy atom. The zero-order chi connectivity index (χ0) is 24.0. The number of fused-ring (bicyclic) bond motifs is 2. The van der Waals surface area contributed by atoms with Crippen molar-refractivity contribution in [3.63, 3.8) is 0 Å². The molecule has 0 amide bonds. The van der Waals surface area contributed by atoms with Crippen LogP contribution in [0.5, 0.6) is 0 Å². The Hall–Kier alpha value is -2.19. The number of carbonyl (C=O) groups is 3. The number of ether oxygens (including phenoxy) is 3. The van der Waals surface area contributed by atoms with Crippen LogP contribution in [0.15, 0.2) is 23.8 Å². The minimum atomic E-state index is -1.89. The number of allylic oxidation sites excluding steroid dienone is 1. The molecular weight excluding hydrogens is 416 g/mol. The molecule has 3 rings (SSSR count). The van der Waals surface area contributed by atoms with Gasteiger partial charge in [-0.25, -0.2) is 0 Å². The molecule has 8 atom stereocenters. The van der Waals surface area contributed by atoms with Crippen molar-refractivity contribution >= 4 is 17.9 Å². The highest BCUT2D eigenvalue weighted by Crippen LogP contribution is 2.55. The van der Waals surface area contributed by atoms with Gasteiger partial charge < -0.3 is 24.4 Å². The predicted octanol–water partition coefficient (Wildman–Crippen LogP) is 2.22. The van der Waals surface area contributed by atoms with Crippen molar-refractivity contribution in [3.05, 3.63) is 23.8 Å². The Kier molecular flexibility index (Phi) is 6.60. The van der Waals surface area contributed by atoms with Crippen LogP contribution in [0, 0.1) is 17.3 Å². The van der Waals surface area contributed by atoms with Crippen molar-refractivity contribution in [1.82, 2.24) is 0 Å². The first-order valence-corrected chi connectivity index (χ1v) is 11.1. The summed E-state index contributed by atoms with van der Waals surface area (Å²) >= 11 is 0. The number of aliphatic hydroxyl groups is 2. The lowest BCUT2D eigenvalue weighted by Crippen LogP contribution is -2.65. The zero-order valence-corrected chi connectivity index (χ0v) is 19.4. The molecule has 2 fully saturated rings. The number of hydrogen-bond donors (Lipinski definition) is 2. The normalized spacial score (nSPS) is 42.2. The van der Waals surface area contributed by atoms with Gasteiger partial charge in [0.15, 0.2) is 11.7 Å². The van der Waals surface area contributed by atoms with Crippen molar-refractivity contribution in [2.24, 2.45) is 17.3 Å². The fourth-order valence-corrected chi connectivity index (χ4v) is 5.73. The lowest BCUT2D eigenvalue weighted by atomic mass is 9.55. The summed E-state index contributed by atoms with van der Waals surface area (Å²) < 4.78 is 16.9. The van der Waals surface area contributed by atoms with E-state index in [1.807, 2.05) is 6.92 Å². The summed E-state index contributed by atoms with van der Waals surface area (Å²) in [6, 6.07) is 0. The molecule has 1 heterocycles. The van der Waals surface area contributed by atoms with E-state index in [0.717, 1.165) is 5.57 Å². The molecule has 32 heavy (non-hydrogen) atoms. The van der Waals surface area contributed by atoms with Gasteiger partial charge in [0.25, 0.3) is 0 Å². The highest BCUT2D eigenvalue weighted by atomic mass is 16.6. The van der Waals surface area contributed by atoms with E-state index in [1.165, 1.54) is 20.8 Å². The molecule has 8 unspecified atom stereocenters. The second-order valence-electron chi connectivity index (χ2n) is 9.70.